The van der Waals surface area contributed by atoms with E-state index in [1.54, 1.807) is 0 Å². The molecule has 0 heterocycles. The van der Waals surface area contributed by atoms with Gasteiger partial charge >= 0.3 is 0 Å². The Kier molecular flexibility index (Phi) is 4.57. The highest BCUT2D eigenvalue weighted by Crippen LogP contribution is 2.44. The molecular weight excluding hydrogens is 240 g/mol. The number of halogens is 1. The van der Waals surface area contributed by atoms with Gasteiger partial charge < -0.3 is 4.29 Å². The van der Waals surface area contributed by atoms with Crippen molar-refractivity contribution in [3.8, 4) is 0 Å². The van der Waals surface area contributed by atoms with Gasteiger partial charge in [-0.25, -0.2) is 0 Å². The third kappa shape index (κ3) is 2.86. The zero-order valence-corrected chi connectivity index (χ0v) is 11.9. The SMILES string of the molecule is CC=CC(C)(C)C1CC(C)=CC(S)=C1OCl. The Morgan fingerprint density at radius 2 is 2.19 bits per heavy atom. The molecule has 1 atom stereocenters. The number of hydrogen-bond acceptors (Lipinski definition) is 2. The summed E-state index contributed by atoms with van der Waals surface area (Å²) < 4.78 is 4.99. The zero-order chi connectivity index (χ0) is 12.3. The first-order valence-corrected chi connectivity index (χ1v) is 6.20. The summed E-state index contributed by atoms with van der Waals surface area (Å²) in [5.74, 6) is 1.03. The molecule has 0 bridgehead atoms. The molecule has 3 heteroatoms. The Hall–Kier alpha value is -0.340. The predicted octanol–water partition coefficient (Wildman–Crippen LogP) is 4.87. The molecule has 1 nitrogen and oxygen atoms in total. The van der Waals surface area contributed by atoms with Gasteiger partial charge in [0.25, 0.3) is 0 Å². The Bertz CT molecular complexity index is 353. The van der Waals surface area contributed by atoms with Crippen LogP contribution in [0, 0.1) is 11.3 Å². The van der Waals surface area contributed by atoms with Crippen molar-refractivity contribution in [2.45, 2.75) is 34.1 Å². The number of allylic oxidation sites excluding steroid dienone is 5. The monoisotopic (exact) mass is 258 g/mol. The molecule has 1 aliphatic rings. The fourth-order valence-electron chi connectivity index (χ4n) is 2.20. The summed E-state index contributed by atoms with van der Waals surface area (Å²) in [7, 11) is 0. The second-order valence-corrected chi connectivity index (χ2v) is 5.53. The summed E-state index contributed by atoms with van der Waals surface area (Å²) in [6.07, 6.45) is 7.23. The Morgan fingerprint density at radius 1 is 1.56 bits per heavy atom. The summed E-state index contributed by atoms with van der Waals surface area (Å²) >= 11 is 9.99. The first-order chi connectivity index (χ1) is 7.42. The fourth-order valence-corrected chi connectivity index (χ4v) is 2.86. The van der Waals surface area contributed by atoms with E-state index in [2.05, 4.69) is 45.6 Å². The smallest absolute Gasteiger partial charge is 0.140 e. The van der Waals surface area contributed by atoms with Gasteiger partial charge in [0.1, 0.15) is 17.6 Å². The van der Waals surface area contributed by atoms with Crippen LogP contribution in [-0.2, 0) is 4.29 Å². The van der Waals surface area contributed by atoms with Gasteiger partial charge in [-0.05, 0) is 31.8 Å². The van der Waals surface area contributed by atoms with Crippen molar-refractivity contribution in [3.63, 3.8) is 0 Å². The van der Waals surface area contributed by atoms with Crippen LogP contribution in [0.4, 0.5) is 0 Å². The highest BCUT2D eigenvalue weighted by atomic mass is 35.5. The maximum absolute atomic E-state index is 5.56. The quantitative estimate of drug-likeness (QED) is 0.561. The van der Waals surface area contributed by atoms with Crippen LogP contribution < -0.4 is 0 Å². The second kappa shape index (κ2) is 5.33. The van der Waals surface area contributed by atoms with Crippen LogP contribution in [0.1, 0.15) is 34.1 Å². The molecule has 1 aliphatic carbocycles. The van der Waals surface area contributed by atoms with Crippen LogP contribution >= 0.6 is 24.5 Å². The Labute approximate surface area is 109 Å². The van der Waals surface area contributed by atoms with Crippen LogP contribution in [-0.4, -0.2) is 0 Å². The third-order valence-corrected chi connectivity index (χ3v) is 3.57. The third-order valence-electron chi connectivity index (χ3n) is 3.06. The van der Waals surface area contributed by atoms with Gasteiger partial charge in [0.2, 0.25) is 0 Å². The molecule has 0 saturated heterocycles. The molecule has 0 saturated carbocycles. The summed E-state index contributed by atoms with van der Waals surface area (Å²) in [6.45, 7) is 8.51. The molecule has 0 aliphatic heterocycles. The van der Waals surface area contributed by atoms with Crippen LogP contribution in [0.5, 0.6) is 0 Å². The van der Waals surface area contributed by atoms with Crippen molar-refractivity contribution in [3.05, 3.63) is 34.5 Å². The predicted molar refractivity (Wildman–Crippen MR) is 73.4 cm³/mol. The van der Waals surface area contributed by atoms with Crippen LogP contribution in [0.25, 0.3) is 0 Å². The van der Waals surface area contributed by atoms with Crippen molar-refractivity contribution < 1.29 is 4.29 Å². The fraction of sp³-hybridized carbons (Fsp3) is 0.538. The average molecular weight is 259 g/mol. The van der Waals surface area contributed by atoms with Crippen LogP contribution in [0.2, 0.25) is 0 Å². The lowest BCUT2D eigenvalue weighted by Crippen LogP contribution is -2.26. The first-order valence-electron chi connectivity index (χ1n) is 5.45. The summed E-state index contributed by atoms with van der Waals surface area (Å²) in [5.41, 5.74) is 1.33. The van der Waals surface area contributed by atoms with Crippen LogP contribution in [0.15, 0.2) is 34.5 Å². The van der Waals surface area contributed by atoms with Crippen molar-refractivity contribution in [1.82, 2.24) is 0 Å². The molecule has 1 unspecified atom stereocenters. The molecule has 0 aromatic carbocycles. The lowest BCUT2D eigenvalue weighted by Gasteiger charge is -2.34. The summed E-state index contributed by atoms with van der Waals surface area (Å²) in [6, 6.07) is 0. The topological polar surface area (TPSA) is 9.23 Å². The van der Waals surface area contributed by atoms with Gasteiger partial charge in [-0.2, -0.15) is 0 Å². The van der Waals surface area contributed by atoms with E-state index in [4.69, 9.17) is 16.2 Å². The van der Waals surface area contributed by atoms with Crippen molar-refractivity contribution in [1.29, 1.82) is 0 Å². The molecule has 16 heavy (non-hydrogen) atoms. The Morgan fingerprint density at radius 3 is 2.69 bits per heavy atom. The maximum Gasteiger partial charge on any atom is 0.140 e. The van der Waals surface area contributed by atoms with E-state index in [1.165, 1.54) is 5.57 Å². The lowest BCUT2D eigenvalue weighted by atomic mass is 9.72. The van der Waals surface area contributed by atoms with Crippen molar-refractivity contribution in [2.75, 3.05) is 0 Å². The standard InChI is InChI=1S/C13H19ClOS/c1-5-6-13(3,4)10-7-9(2)8-11(16)12(10)15-14/h5-6,8,10,16H,7H2,1-4H3. The van der Waals surface area contributed by atoms with E-state index >= 15 is 0 Å². The largest absolute Gasteiger partial charge is 0.389 e. The van der Waals surface area contributed by atoms with E-state index in [9.17, 15) is 0 Å². The minimum atomic E-state index is 0.0163. The molecule has 0 radical (unpaired) electrons. The summed E-state index contributed by atoms with van der Waals surface area (Å²) in [4.78, 5) is 0.835. The molecule has 0 spiro atoms. The molecule has 0 aromatic rings. The van der Waals surface area contributed by atoms with Crippen LogP contribution in [0.3, 0.4) is 0 Å². The number of rotatable bonds is 3. The van der Waals surface area contributed by atoms with Gasteiger partial charge in [-0.15, -0.1) is 12.6 Å². The molecule has 0 N–H and O–H groups in total. The molecule has 0 amide bonds. The van der Waals surface area contributed by atoms with E-state index in [1.807, 2.05) is 13.0 Å². The minimum absolute atomic E-state index is 0.0163. The molecule has 0 fully saturated rings. The average Bonchev–Trinajstić information content (AvgIpc) is 2.16. The van der Waals surface area contributed by atoms with E-state index in [-0.39, 0.29) is 11.3 Å². The highest BCUT2D eigenvalue weighted by molar-refractivity contribution is 7.84. The summed E-state index contributed by atoms with van der Waals surface area (Å²) in [5, 5.41) is 0. The van der Waals surface area contributed by atoms with Gasteiger partial charge in [0.15, 0.2) is 0 Å². The lowest BCUT2D eigenvalue weighted by molar-refractivity contribution is 0.243. The number of thiol groups is 1. The zero-order valence-electron chi connectivity index (χ0n) is 10.2. The van der Waals surface area contributed by atoms with Gasteiger partial charge in [0, 0.05) is 10.8 Å². The van der Waals surface area contributed by atoms with Crippen molar-refractivity contribution >= 4 is 24.5 Å². The van der Waals surface area contributed by atoms with E-state index < -0.39 is 0 Å². The highest BCUT2D eigenvalue weighted by Gasteiger charge is 2.34. The normalized spacial score (nSPS) is 22.6. The van der Waals surface area contributed by atoms with E-state index in [0.717, 1.165) is 17.1 Å². The van der Waals surface area contributed by atoms with E-state index in [0.29, 0.717) is 0 Å². The molecule has 0 aromatic heterocycles. The van der Waals surface area contributed by atoms with Gasteiger partial charge in [-0.3, -0.25) is 0 Å². The minimum Gasteiger partial charge on any atom is -0.389 e. The number of hydrogen-bond donors (Lipinski definition) is 1. The maximum atomic E-state index is 5.56. The Balaban J connectivity index is 3.11. The molecule has 90 valence electrons. The molecule has 1 rings (SSSR count). The van der Waals surface area contributed by atoms with Crippen molar-refractivity contribution in [2.24, 2.45) is 11.3 Å². The van der Waals surface area contributed by atoms with Gasteiger partial charge in [-0.1, -0.05) is 31.6 Å². The van der Waals surface area contributed by atoms with Gasteiger partial charge in [0.05, 0.1) is 0 Å². The molecular formula is C13H19ClOS. The first kappa shape index (κ1) is 13.7. The second-order valence-electron chi connectivity index (χ2n) is 4.90.